The van der Waals surface area contributed by atoms with E-state index in [1.807, 2.05) is 0 Å². The van der Waals surface area contributed by atoms with Crippen LogP contribution in [0.1, 0.15) is 60.6 Å². The predicted octanol–water partition coefficient (Wildman–Crippen LogP) is 5.66. The number of rotatable bonds is 1. The van der Waals surface area contributed by atoms with Crippen LogP contribution in [0.15, 0.2) is 24.3 Å². The highest BCUT2D eigenvalue weighted by atomic mass is 14.0. The maximum Gasteiger partial charge on any atom is -0.0219 e. The van der Waals surface area contributed by atoms with Gasteiger partial charge in [0.1, 0.15) is 0 Å². The Morgan fingerprint density at radius 3 is 1.71 bits per heavy atom. The average Bonchev–Trinajstić information content (AvgIpc) is 1.88. The van der Waals surface area contributed by atoms with Crippen LogP contribution in [0.3, 0.4) is 0 Å². The Morgan fingerprint density at radius 2 is 1.43 bits per heavy atom. The molecule has 1 rings (SSSR count). The molecule has 14 heavy (non-hydrogen) atoms. The Kier molecular flexibility index (Phi) is 17.1. The lowest BCUT2D eigenvalue weighted by Crippen LogP contribution is -1.86. The number of hydrogen-bond donors (Lipinski definition) is 0. The van der Waals surface area contributed by atoms with Crippen LogP contribution in [0.25, 0.3) is 0 Å². The van der Waals surface area contributed by atoms with Gasteiger partial charge in [-0.05, 0) is 18.4 Å². The second-order valence-electron chi connectivity index (χ2n) is 3.07. The van der Waals surface area contributed by atoms with Crippen LogP contribution in [0.5, 0.6) is 0 Å². The van der Waals surface area contributed by atoms with Crippen LogP contribution in [0.4, 0.5) is 0 Å². The normalized spacial score (nSPS) is 7.43. The minimum absolute atomic E-state index is 0. The van der Waals surface area contributed by atoms with Gasteiger partial charge in [0, 0.05) is 0 Å². The smallest absolute Gasteiger partial charge is 0.0219 e. The fraction of sp³-hybridized carbons (Fsp3) is 0.571. The molecule has 0 saturated heterocycles. The first-order chi connectivity index (χ1) is 4.70. The highest BCUT2D eigenvalue weighted by molar-refractivity contribution is 5.24. The molecule has 0 aromatic heterocycles. The lowest BCUT2D eigenvalue weighted by molar-refractivity contribution is 0.865. The van der Waals surface area contributed by atoms with Crippen LogP contribution in [0, 0.1) is 6.92 Å². The van der Waals surface area contributed by atoms with E-state index in [1.165, 1.54) is 11.1 Å². The maximum absolute atomic E-state index is 2.24. The average molecular weight is 198 g/mol. The van der Waals surface area contributed by atoms with E-state index in [0.717, 1.165) is 0 Å². The van der Waals surface area contributed by atoms with Crippen molar-refractivity contribution in [3.05, 3.63) is 35.4 Å². The largest absolute Gasteiger partial charge is 0.0776 e. The first-order valence-electron chi connectivity index (χ1n) is 3.76. The molecule has 0 spiro atoms. The second kappa shape index (κ2) is 10.3. The third kappa shape index (κ3) is 6.71. The van der Waals surface area contributed by atoms with Crippen molar-refractivity contribution < 1.29 is 0 Å². The molecular weight excluding hydrogens is 168 g/mol. The van der Waals surface area contributed by atoms with Crippen LogP contribution in [-0.4, -0.2) is 0 Å². The Labute approximate surface area is 92.4 Å². The van der Waals surface area contributed by atoms with Crippen molar-refractivity contribution in [2.45, 2.75) is 56.4 Å². The molecule has 0 N–H and O–H groups in total. The van der Waals surface area contributed by atoms with Crippen LogP contribution in [-0.2, 0) is 0 Å². The minimum Gasteiger partial charge on any atom is -0.0776 e. The predicted molar refractivity (Wildman–Crippen MR) is 72.2 cm³/mol. The summed E-state index contributed by atoms with van der Waals surface area (Å²) in [5.74, 6) is 0.653. The van der Waals surface area contributed by atoms with Crippen molar-refractivity contribution in [1.82, 2.24) is 0 Å². The van der Waals surface area contributed by atoms with Gasteiger partial charge in [-0.25, -0.2) is 0 Å². The van der Waals surface area contributed by atoms with Gasteiger partial charge in [-0.3, -0.25) is 0 Å². The van der Waals surface area contributed by atoms with Crippen LogP contribution >= 0.6 is 0 Å². The quantitative estimate of drug-likeness (QED) is 0.546. The van der Waals surface area contributed by atoms with Gasteiger partial charge in [0.15, 0.2) is 0 Å². The topological polar surface area (TPSA) is 0 Å². The Bertz CT molecular complexity index is 211. The van der Waals surface area contributed by atoms with E-state index in [1.54, 1.807) is 0 Å². The van der Waals surface area contributed by atoms with Gasteiger partial charge in [0.25, 0.3) is 0 Å². The summed E-state index contributed by atoms with van der Waals surface area (Å²) in [5.41, 5.74) is 2.78. The molecule has 0 heterocycles. The van der Waals surface area contributed by atoms with E-state index in [4.69, 9.17) is 0 Å². The number of aryl methyl sites for hydroxylation is 1. The monoisotopic (exact) mass is 198 g/mol. The van der Waals surface area contributed by atoms with Gasteiger partial charge >= 0.3 is 0 Å². The molecule has 0 atom stereocenters. The summed E-state index contributed by atoms with van der Waals surface area (Å²) >= 11 is 0. The number of benzene rings is 1. The molecule has 0 bridgehead atoms. The van der Waals surface area contributed by atoms with Crippen molar-refractivity contribution in [3.63, 3.8) is 0 Å². The molecular formula is C14H30. The van der Waals surface area contributed by atoms with E-state index in [0.29, 0.717) is 5.92 Å². The summed E-state index contributed by atoms with van der Waals surface area (Å²) < 4.78 is 0. The molecule has 0 aliphatic rings. The van der Waals surface area contributed by atoms with Crippen molar-refractivity contribution >= 4 is 0 Å². The maximum atomic E-state index is 2.24. The molecule has 0 unspecified atom stereocenters. The van der Waals surface area contributed by atoms with Crippen LogP contribution < -0.4 is 0 Å². The van der Waals surface area contributed by atoms with Crippen molar-refractivity contribution in [3.8, 4) is 0 Å². The Morgan fingerprint density at radius 1 is 0.929 bits per heavy atom. The summed E-state index contributed by atoms with van der Waals surface area (Å²) in [6.07, 6.45) is 0. The summed E-state index contributed by atoms with van der Waals surface area (Å²) in [7, 11) is 0. The standard InChI is InChI=1S/C10H14.4CH4/c1-8(2)10-6-4-5-9(3)7-10;;;;/h4-8H,1-3H3;4*1H4. The molecule has 0 heteroatoms. The summed E-state index contributed by atoms with van der Waals surface area (Å²) in [5, 5.41) is 0. The highest BCUT2D eigenvalue weighted by Crippen LogP contribution is 2.14. The molecule has 0 aliphatic heterocycles. The summed E-state index contributed by atoms with van der Waals surface area (Å²) in [6, 6.07) is 8.67. The lowest BCUT2D eigenvalue weighted by Gasteiger charge is -2.04. The molecule has 0 nitrogen and oxygen atoms in total. The molecule has 86 valence electrons. The van der Waals surface area contributed by atoms with E-state index in [-0.39, 0.29) is 29.7 Å². The van der Waals surface area contributed by atoms with Crippen molar-refractivity contribution in [2.75, 3.05) is 0 Å². The Hall–Kier alpha value is -0.780. The molecule has 1 aromatic rings. The Balaban J connectivity index is -0.000000125. The van der Waals surface area contributed by atoms with Gasteiger partial charge in [0.05, 0.1) is 0 Å². The van der Waals surface area contributed by atoms with Crippen molar-refractivity contribution in [1.29, 1.82) is 0 Å². The van der Waals surface area contributed by atoms with Gasteiger partial charge < -0.3 is 0 Å². The first-order valence-corrected chi connectivity index (χ1v) is 3.76. The number of hydrogen-bond acceptors (Lipinski definition) is 0. The third-order valence-electron chi connectivity index (χ3n) is 1.71. The molecule has 0 aliphatic carbocycles. The van der Waals surface area contributed by atoms with Crippen LogP contribution in [0.2, 0.25) is 0 Å². The molecule has 0 saturated carbocycles. The summed E-state index contributed by atoms with van der Waals surface area (Å²) in [6.45, 7) is 6.56. The van der Waals surface area contributed by atoms with Gasteiger partial charge in [-0.15, -0.1) is 0 Å². The molecule has 0 amide bonds. The second-order valence-corrected chi connectivity index (χ2v) is 3.07. The first kappa shape index (κ1) is 23.2. The molecule has 0 fully saturated rings. The van der Waals surface area contributed by atoms with E-state index >= 15 is 0 Å². The fourth-order valence-electron chi connectivity index (χ4n) is 1.03. The van der Waals surface area contributed by atoms with E-state index < -0.39 is 0 Å². The zero-order valence-corrected chi connectivity index (χ0v) is 6.89. The van der Waals surface area contributed by atoms with E-state index in [2.05, 4.69) is 45.0 Å². The van der Waals surface area contributed by atoms with Crippen molar-refractivity contribution in [2.24, 2.45) is 0 Å². The van der Waals surface area contributed by atoms with E-state index in [9.17, 15) is 0 Å². The van der Waals surface area contributed by atoms with Gasteiger partial charge in [-0.2, -0.15) is 0 Å². The molecule has 0 radical (unpaired) electrons. The third-order valence-corrected chi connectivity index (χ3v) is 1.71. The molecule has 1 aromatic carbocycles. The zero-order valence-electron chi connectivity index (χ0n) is 6.89. The van der Waals surface area contributed by atoms with Gasteiger partial charge in [0.2, 0.25) is 0 Å². The fourth-order valence-corrected chi connectivity index (χ4v) is 1.03. The van der Waals surface area contributed by atoms with Gasteiger partial charge in [-0.1, -0.05) is 73.4 Å². The SMILES string of the molecule is C.C.C.C.Cc1cccc(C(C)C)c1. The highest BCUT2D eigenvalue weighted by Gasteiger charge is 1.96. The minimum atomic E-state index is 0. The zero-order chi connectivity index (χ0) is 7.56. The summed E-state index contributed by atoms with van der Waals surface area (Å²) in [4.78, 5) is 0. The lowest BCUT2D eigenvalue weighted by atomic mass is 10.0.